The molecule has 1 atom stereocenters. The fourth-order valence-corrected chi connectivity index (χ4v) is 2.54. The highest BCUT2D eigenvalue weighted by Crippen LogP contribution is 2.13. The molecule has 4 nitrogen and oxygen atoms in total. The number of carbonyl (C=O) groups is 2. The highest BCUT2D eigenvalue weighted by molar-refractivity contribution is 8.01. The second-order valence-electron chi connectivity index (χ2n) is 3.67. The minimum absolute atomic E-state index is 0.0469. The van der Waals surface area contributed by atoms with Crippen molar-refractivity contribution in [2.24, 2.45) is 0 Å². The lowest BCUT2D eigenvalue weighted by molar-refractivity contribution is -0.136. The molecule has 94 valence electrons. The van der Waals surface area contributed by atoms with Crippen LogP contribution >= 0.6 is 23.1 Å². The molecule has 1 amide bonds. The van der Waals surface area contributed by atoms with Gasteiger partial charge in [0.25, 0.3) is 0 Å². The van der Waals surface area contributed by atoms with Gasteiger partial charge in [0.2, 0.25) is 5.91 Å². The summed E-state index contributed by atoms with van der Waals surface area (Å²) in [6, 6.07) is 1.97. The summed E-state index contributed by atoms with van der Waals surface area (Å²) in [7, 11) is 1.73. The Labute approximate surface area is 109 Å². The Kier molecular flexibility index (Phi) is 5.50. The van der Waals surface area contributed by atoms with Crippen LogP contribution in [-0.4, -0.2) is 39.9 Å². The van der Waals surface area contributed by atoms with Gasteiger partial charge in [-0.05, 0) is 29.3 Å². The Morgan fingerprint density at radius 2 is 2.29 bits per heavy atom. The molecular weight excluding hydrogens is 258 g/mol. The second-order valence-corrected chi connectivity index (χ2v) is 5.78. The molecule has 1 aromatic heterocycles. The molecule has 0 bridgehead atoms. The van der Waals surface area contributed by atoms with Crippen LogP contribution in [0.1, 0.15) is 12.5 Å². The Bertz CT molecular complexity index is 378. The molecule has 1 rings (SSSR count). The molecule has 0 aliphatic heterocycles. The number of nitrogens with zero attached hydrogens (tertiary/aromatic N) is 1. The van der Waals surface area contributed by atoms with Gasteiger partial charge in [-0.15, -0.1) is 11.8 Å². The number of rotatable bonds is 6. The zero-order chi connectivity index (χ0) is 12.8. The molecule has 0 saturated carbocycles. The van der Waals surface area contributed by atoms with Crippen molar-refractivity contribution in [2.45, 2.75) is 18.7 Å². The number of carbonyl (C=O) groups excluding carboxylic acids is 1. The number of carboxylic acid groups (broad SMARTS) is 1. The normalized spacial score (nSPS) is 12.1. The summed E-state index contributed by atoms with van der Waals surface area (Å²) in [5, 5.41) is 12.1. The van der Waals surface area contributed by atoms with Crippen LogP contribution in [-0.2, 0) is 16.1 Å². The van der Waals surface area contributed by atoms with Gasteiger partial charge in [0.05, 0.1) is 11.0 Å². The summed E-state index contributed by atoms with van der Waals surface area (Å²) in [5.74, 6) is -0.730. The van der Waals surface area contributed by atoms with E-state index in [2.05, 4.69) is 0 Å². The number of carboxylic acids is 1. The maximum atomic E-state index is 11.7. The molecule has 1 heterocycles. The molecule has 0 radical (unpaired) electrons. The van der Waals surface area contributed by atoms with E-state index in [-0.39, 0.29) is 11.7 Å². The lowest BCUT2D eigenvalue weighted by atomic mass is 10.3. The molecule has 0 saturated heterocycles. The molecule has 0 aromatic carbocycles. The van der Waals surface area contributed by atoms with E-state index in [9.17, 15) is 9.59 Å². The molecule has 0 aliphatic rings. The van der Waals surface area contributed by atoms with Crippen LogP contribution in [0.15, 0.2) is 16.8 Å². The van der Waals surface area contributed by atoms with E-state index in [0.717, 1.165) is 17.3 Å². The van der Waals surface area contributed by atoms with Crippen LogP contribution in [0, 0.1) is 0 Å². The lowest BCUT2D eigenvalue weighted by Gasteiger charge is -2.16. The molecule has 1 N–H and O–H groups in total. The van der Waals surface area contributed by atoms with Crippen LogP contribution in [0.25, 0.3) is 0 Å². The van der Waals surface area contributed by atoms with Gasteiger partial charge in [-0.2, -0.15) is 11.3 Å². The van der Waals surface area contributed by atoms with Gasteiger partial charge in [0.15, 0.2) is 0 Å². The van der Waals surface area contributed by atoms with Gasteiger partial charge in [0, 0.05) is 13.6 Å². The third-order valence-corrected chi connectivity index (χ3v) is 4.08. The van der Waals surface area contributed by atoms with Crippen LogP contribution < -0.4 is 0 Å². The van der Waals surface area contributed by atoms with Crippen molar-refractivity contribution in [1.82, 2.24) is 4.90 Å². The summed E-state index contributed by atoms with van der Waals surface area (Å²) in [6.07, 6.45) is 0. The topological polar surface area (TPSA) is 57.6 Å². The van der Waals surface area contributed by atoms with Gasteiger partial charge < -0.3 is 10.0 Å². The average molecular weight is 273 g/mol. The standard InChI is InChI=1S/C11H15NO3S2/c1-8(11(14)15)17-7-10(13)12(2)5-9-3-4-16-6-9/h3-4,6,8H,5,7H2,1-2H3,(H,14,15)/t8-/m1/s1. The molecule has 0 aliphatic carbocycles. The quantitative estimate of drug-likeness (QED) is 0.860. The largest absolute Gasteiger partial charge is 0.480 e. The lowest BCUT2D eigenvalue weighted by Crippen LogP contribution is -2.28. The van der Waals surface area contributed by atoms with E-state index < -0.39 is 11.2 Å². The maximum Gasteiger partial charge on any atom is 0.316 e. The zero-order valence-corrected chi connectivity index (χ0v) is 11.4. The van der Waals surface area contributed by atoms with Gasteiger partial charge in [0.1, 0.15) is 0 Å². The molecule has 1 aromatic rings. The highest BCUT2D eigenvalue weighted by atomic mass is 32.2. The van der Waals surface area contributed by atoms with Crippen molar-refractivity contribution in [3.05, 3.63) is 22.4 Å². The zero-order valence-electron chi connectivity index (χ0n) is 9.75. The Balaban J connectivity index is 2.34. The van der Waals surface area contributed by atoms with E-state index >= 15 is 0 Å². The highest BCUT2D eigenvalue weighted by Gasteiger charge is 2.15. The number of aliphatic carboxylic acids is 1. The number of thioether (sulfide) groups is 1. The van der Waals surface area contributed by atoms with Crippen LogP contribution in [0.4, 0.5) is 0 Å². The number of thiophene rings is 1. The predicted octanol–water partition coefficient (Wildman–Crippen LogP) is 1.91. The van der Waals surface area contributed by atoms with Crippen molar-refractivity contribution in [3.8, 4) is 0 Å². The van der Waals surface area contributed by atoms with Crippen LogP contribution in [0.5, 0.6) is 0 Å². The SMILES string of the molecule is C[C@@H](SCC(=O)N(C)Cc1ccsc1)C(=O)O. The fourth-order valence-electron chi connectivity index (χ4n) is 1.12. The second kappa shape index (κ2) is 6.66. The number of hydrogen-bond acceptors (Lipinski definition) is 4. The molecule has 6 heteroatoms. The van der Waals surface area contributed by atoms with Crippen LogP contribution in [0.2, 0.25) is 0 Å². The summed E-state index contributed by atoms with van der Waals surface area (Å²) in [5.41, 5.74) is 1.10. The molecule has 0 fully saturated rings. The minimum Gasteiger partial charge on any atom is -0.480 e. The average Bonchev–Trinajstić information content (AvgIpc) is 2.77. The Morgan fingerprint density at radius 3 is 2.82 bits per heavy atom. The smallest absolute Gasteiger partial charge is 0.316 e. The fraction of sp³-hybridized carbons (Fsp3) is 0.455. The summed E-state index contributed by atoms with van der Waals surface area (Å²) in [4.78, 5) is 23.9. The van der Waals surface area contributed by atoms with E-state index in [4.69, 9.17) is 5.11 Å². The molecule has 0 unspecified atom stereocenters. The van der Waals surface area contributed by atoms with E-state index in [1.165, 1.54) is 0 Å². The monoisotopic (exact) mass is 273 g/mol. The van der Waals surface area contributed by atoms with Crippen molar-refractivity contribution >= 4 is 35.0 Å². The first-order chi connectivity index (χ1) is 8.00. The first-order valence-electron chi connectivity index (χ1n) is 5.10. The van der Waals surface area contributed by atoms with Gasteiger partial charge in [-0.25, -0.2) is 0 Å². The summed E-state index contributed by atoms with van der Waals surface area (Å²) >= 11 is 2.74. The van der Waals surface area contributed by atoms with Gasteiger partial charge in [-0.1, -0.05) is 0 Å². The molecule has 0 spiro atoms. The van der Waals surface area contributed by atoms with Crippen molar-refractivity contribution < 1.29 is 14.7 Å². The van der Waals surface area contributed by atoms with Crippen molar-refractivity contribution in [3.63, 3.8) is 0 Å². The third kappa shape index (κ3) is 4.79. The Morgan fingerprint density at radius 1 is 1.59 bits per heavy atom. The van der Waals surface area contributed by atoms with Crippen molar-refractivity contribution in [1.29, 1.82) is 0 Å². The van der Waals surface area contributed by atoms with E-state index in [0.29, 0.717) is 6.54 Å². The van der Waals surface area contributed by atoms with Crippen molar-refractivity contribution in [2.75, 3.05) is 12.8 Å². The van der Waals surface area contributed by atoms with Gasteiger partial charge >= 0.3 is 5.97 Å². The first-order valence-corrected chi connectivity index (χ1v) is 7.09. The molecular formula is C11H15NO3S2. The minimum atomic E-state index is -0.886. The Hall–Kier alpha value is -1.01. The van der Waals surface area contributed by atoms with E-state index in [1.54, 1.807) is 30.2 Å². The molecule has 17 heavy (non-hydrogen) atoms. The number of amides is 1. The van der Waals surface area contributed by atoms with Crippen LogP contribution in [0.3, 0.4) is 0 Å². The first kappa shape index (κ1) is 14.1. The summed E-state index contributed by atoms with van der Waals surface area (Å²) < 4.78 is 0. The number of hydrogen-bond donors (Lipinski definition) is 1. The van der Waals surface area contributed by atoms with Gasteiger partial charge in [-0.3, -0.25) is 9.59 Å². The maximum absolute atomic E-state index is 11.7. The van der Waals surface area contributed by atoms with E-state index in [1.807, 2.05) is 16.8 Å². The summed E-state index contributed by atoms with van der Waals surface area (Å²) in [6.45, 7) is 2.16. The third-order valence-electron chi connectivity index (χ3n) is 2.23. The predicted molar refractivity (Wildman–Crippen MR) is 70.3 cm³/mol.